The monoisotopic (exact) mass is 278 g/mol. The van der Waals surface area contributed by atoms with E-state index >= 15 is 0 Å². The molecule has 0 aliphatic rings. The van der Waals surface area contributed by atoms with Crippen LogP contribution in [-0.2, 0) is 0 Å². The van der Waals surface area contributed by atoms with Gasteiger partial charge >= 0.3 is 0 Å². The van der Waals surface area contributed by atoms with E-state index in [1.165, 1.54) is 0 Å². The Morgan fingerprint density at radius 1 is 1.10 bits per heavy atom. The van der Waals surface area contributed by atoms with Crippen LogP contribution >= 0.6 is 11.3 Å². The molecule has 2 heterocycles. The van der Waals surface area contributed by atoms with Gasteiger partial charge in [-0.2, -0.15) is 5.26 Å². The normalized spacial score (nSPS) is 9.95. The lowest BCUT2D eigenvalue weighted by molar-refractivity contribution is 1.16. The number of anilines is 2. The van der Waals surface area contributed by atoms with Gasteiger partial charge < -0.3 is 5.32 Å². The van der Waals surface area contributed by atoms with Crippen LogP contribution in [-0.4, -0.2) is 9.97 Å². The molecule has 0 spiro atoms. The van der Waals surface area contributed by atoms with Gasteiger partial charge in [-0.1, -0.05) is 24.3 Å². The Hall–Kier alpha value is -2.71. The molecule has 20 heavy (non-hydrogen) atoms. The molecule has 0 radical (unpaired) electrons. The Labute approximate surface area is 120 Å². The molecule has 4 nitrogen and oxygen atoms in total. The zero-order valence-corrected chi connectivity index (χ0v) is 11.3. The first kappa shape index (κ1) is 12.3. The number of benzene rings is 1. The van der Waals surface area contributed by atoms with E-state index in [-0.39, 0.29) is 0 Å². The minimum Gasteiger partial charge on any atom is -0.324 e. The summed E-state index contributed by atoms with van der Waals surface area (Å²) in [5.74, 6) is 0.485. The van der Waals surface area contributed by atoms with Crippen LogP contribution in [0.15, 0.2) is 54.0 Å². The highest BCUT2D eigenvalue weighted by molar-refractivity contribution is 7.13. The first-order valence-electron chi connectivity index (χ1n) is 6.00. The van der Waals surface area contributed by atoms with Crippen molar-refractivity contribution in [3.63, 3.8) is 0 Å². The Balaban J connectivity index is 1.99. The zero-order valence-electron chi connectivity index (χ0n) is 10.4. The van der Waals surface area contributed by atoms with Gasteiger partial charge in [0.2, 0.25) is 5.95 Å². The highest BCUT2D eigenvalue weighted by Gasteiger charge is 2.10. The van der Waals surface area contributed by atoms with Crippen LogP contribution < -0.4 is 5.32 Å². The standard InChI is InChI=1S/C15H10N4S/c16-9-11-10-17-15(18-12-5-2-1-3-6-12)19-14(11)13-7-4-8-20-13/h1-8,10H,(H,17,18,19). The fourth-order valence-corrected chi connectivity index (χ4v) is 2.50. The van der Waals surface area contributed by atoms with Crippen LogP contribution in [0, 0.1) is 11.3 Å². The number of nitrogens with one attached hydrogen (secondary N) is 1. The smallest absolute Gasteiger partial charge is 0.227 e. The van der Waals surface area contributed by atoms with Crippen LogP contribution in [0.3, 0.4) is 0 Å². The number of hydrogen-bond acceptors (Lipinski definition) is 5. The topological polar surface area (TPSA) is 61.6 Å². The average molecular weight is 278 g/mol. The lowest BCUT2D eigenvalue weighted by Gasteiger charge is -2.06. The van der Waals surface area contributed by atoms with Gasteiger partial charge in [0.1, 0.15) is 11.8 Å². The van der Waals surface area contributed by atoms with Crippen LogP contribution in [0.2, 0.25) is 0 Å². The van der Waals surface area contributed by atoms with Crippen molar-refractivity contribution in [1.82, 2.24) is 9.97 Å². The quantitative estimate of drug-likeness (QED) is 0.791. The summed E-state index contributed by atoms with van der Waals surface area (Å²) in [7, 11) is 0. The van der Waals surface area contributed by atoms with Gasteiger partial charge in [-0.15, -0.1) is 11.3 Å². The molecular weight excluding hydrogens is 268 g/mol. The summed E-state index contributed by atoms with van der Waals surface area (Å²) in [5, 5.41) is 14.2. The van der Waals surface area contributed by atoms with E-state index in [2.05, 4.69) is 21.4 Å². The molecule has 0 aliphatic carbocycles. The SMILES string of the molecule is N#Cc1cnc(Nc2ccccc2)nc1-c1cccs1. The summed E-state index contributed by atoms with van der Waals surface area (Å²) < 4.78 is 0. The second kappa shape index (κ2) is 5.51. The average Bonchev–Trinajstić information content (AvgIpc) is 3.02. The van der Waals surface area contributed by atoms with E-state index < -0.39 is 0 Å². The second-order valence-corrected chi connectivity index (χ2v) is 4.98. The number of thiophene rings is 1. The van der Waals surface area contributed by atoms with Gasteiger partial charge in [0.15, 0.2) is 0 Å². The molecule has 2 aromatic heterocycles. The highest BCUT2D eigenvalue weighted by Crippen LogP contribution is 2.26. The third-order valence-corrected chi connectivity index (χ3v) is 3.57. The van der Waals surface area contributed by atoms with E-state index in [4.69, 9.17) is 5.26 Å². The Morgan fingerprint density at radius 3 is 2.65 bits per heavy atom. The third kappa shape index (κ3) is 2.51. The minimum absolute atomic E-state index is 0.478. The van der Waals surface area contributed by atoms with E-state index in [0.717, 1.165) is 10.6 Å². The summed E-state index contributed by atoms with van der Waals surface area (Å²) in [5.41, 5.74) is 2.05. The van der Waals surface area contributed by atoms with Gasteiger partial charge in [0.05, 0.1) is 16.6 Å². The largest absolute Gasteiger partial charge is 0.324 e. The van der Waals surface area contributed by atoms with Crippen molar-refractivity contribution < 1.29 is 0 Å². The summed E-state index contributed by atoms with van der Waals surface area (Å²) in [4.78, 5) is 9.58. The first-order chi connectivity index (χ1) is 9.86. The number of para-hydroxylation sites is 1. The van der Waals surface area contributed by atoms with Gasteiger partial charge in [0, 0.05) is 5.69 Å². The van der Waals surface area contributed by atoms with E-state index in [0.29, 0.717) is 17.2 Å². The fourth-order valence-electron chi connectivity index (χ4n) is 1.78. The number of nitrogens with zero attached hydrogens (tertiary/aromatic N) is 3. The molecule has 3 aromatic rings. The Kier molecular flexibility index (Phi) is 3.40. The van der Waals surface area contributed by atoms with E-state index in [1.807, 2.05) is 47.8 Å². The molecular formula is C15H10N4S. The van der Waals surface area contributed by atoms with Gasteiger partial charge in [-0.25, -0.2) is 9.97 Å². The van der Waals surface area contributed by atoms with Crippen molar-refractivity contribution in [3.8, 4) is 16.6 Å². The van der Waals surface area contributed by atoms with Crippen molar-refractivity contribution in [2.75, 3.05) is 5.32 Å². The molecule has 96 valence electrons. The maximum absolute atomic E-state index is 9.15. The van der Waals surface area contributed by atoms with Gasteiger partial charge in [-0.3, -0.25) is 0 Å². The number of rotatable bonds is 3. The molecule has 0 saturated heterocycles. The first-order valence-corrected chi connectivity index (χ1v) is 6.88. The molecule has 5 heteroatoms. The maximum Gasteiger partial charge on any atom is 0.227 e. The molecule has 1 N–H and O–H groups in total. The molecule has 3 rings (SSSR count). The maximum atomic E-state index is 9.15. The number of aromatic nitrogens is 2. The lowest BCUT2D eigenvalue weighted by atomic mass is 10.2. The zero-order chi connectivity index (χ0) is 13.8. The molecule has 0 amide bonds. The molecule has 0 atom stereocenters. The Bertz CT molecular complexity index is 745. The highest BCUT2D eigenvalue weighted by atomic mass is 32.1. The van der Waals surface area contributed by atoms with Crippen LogP contribution in [0.4, 0.5) is 11.6 Å². The predicted molar refractivity (Wildman–Crippen MR) is 79.8 cm³/mol. The molecule has 0 bridgehead atoms. The molecule has 0 aliphatic heterocycles. The second-order valence-electron chi connectivity index (χ2n) is 4.04. The summed E-state index contributed by atoms with van der Waals surface area (Å²) >= 11 is 1.55. The number of hydrogen-bond donors (Lipinski definition) is 1. The van der Waals surface area contributed by atoms with E-state index in [9.17, 15) is 0 Å². The molecule has 0 fully saturated rings. The Morgan fingerprint density at radius 2 is 1.95 bits per heavy atom. The summed E-state index contributed by atoms with van der Waals surface area (Å²) in [6, 6.07) is 15.7. The molecule has 1 aromatic carbocycles. The van der Waals surface area contributed by atoms with Crippen LogP contribution in [0.5, 0.6) is 0 Å². The van der Waals surface area contributed by atoms with Crippen LogP contribution in [0.25, 0.3) is 10.6 Å². The van der Waals surface area contributed by atoms with Gasteiger partial charge in [-0.05, 0) is 23.6 Å². The molecule has 0 saturated carbocycles. The van der Waals surface area contributed by atoms with Crippen LogP contribution in [0.1, 0.15) is 5.56 Å². The van der Waals surface area contributed by atoms with Crippen molar-refractivity contribution in [1.29, 1.82) is 5.26 Å². The number of nitriles is 1. The van der Waals surface area contributed by atoms with Crippen molar-refractivity contribution in [2.45, 2.75) is 0 Å². The minimum atomic E-state index is 0.478. The summed E-state index contributed by atoms with van der Waals surface area (Å²) in [6.45, 7) is 0. The lowest BCUT2D eigenvalue weighted by Crippen LogP contribution is -1.99. The summed E-state index contributed by atoms with van der Waals surface area (Å²) in [6.07, 6.45) is 1.55. The molecule has 0 unspecified atom stereocenters. The predicted octanol–water partition coefficient (Wildman–Crippen LogP) is 3.82. The van der Waals surface area contributed by atoms with Crippen molar-refractivity contribution in [3.05, 3.63) is 59.6 Å². The van der Waals surface area contributed by atoms with Crippen molar-refractivity contribution >= 4 is 23.0 Å². The van der Waals surface area contributed by atoms with Gasteiger partial charge in [0.25, 0.3) is 0 Å². The third-order valence-electron chi connectivity index (χ3n) is 2.69. The fraction of sp³-hybridized carbons (Fsp3) is 0. The van der Waals surface area contributed by atoms with Crippen molar-refractivity contribution in [2.24, 2.45) is 0 Å². The van der Waals surface area contributed by atoms with E-state index in [1.54, 1.807) is 17.5 Å².